The van der Waals surface area contributed by atoms with E-state index in [1.54, 1.807) is 11.3 Å². The number of carbonyl (C=O) groups is 1. The maximum atomic E-state index is 12.5. The molecule has 0 saturated carbocycles. The first kappa shape index (κ1) is 14.3. The first-order valence-corrected chi connectivity index (χ1v) is 8.02. The summed E-state index contributed by atoms with van der Waals surface area (Å²) in [6.07, 6.45) is 0.897. The number of thiophene rings is 1. The molecule has 3 rings (SSSR count). The van der Waals surface area contributed by atoms with Crippen LogP contribution in [0.4, 0.5) is 0 Å². The Morgan fingerprint density at radius 3 is 3.00 bits per heavy atom. The number of aryl methyl sites for hydroxylation is 2. The van der Waals surface area contributed by atoms with E-state index in [1.807, 2.05) is 6.92 Å². The van der Waals surface area contributed by atoms with Gasteiger partial charge in [-0.25, -0.2) is 0 Å². The molecule has 1 amide bonds. The van der Waals surface area contributed by atoms with Crippen molar-refractivity contribution in [3.8, 4) is 0 Å². The van der Waals surface area contributed by atoms with E-state index >= 15 is 0 Å². The minimum Gasteiger partial charge on any atom is -0.344 e. The molecule has 0 aliphatic carbocycles. The highest BCUT2D eigenvalue weighted by Crippen LogP contribution is 2.26. The fourth-order valence-corrected chi connectivity index (χ4v) is 3.86. The van der Waals surface area contributed by atoms with E-state index in [0.29, 0.717) is 12.2 Å². The van der Waals surface area contributed by atoms with Gasteiger partial charge in [0, 0.05) is 40.5 Å². The summed E-state index contributed by atoms with van der Waals surface area (Å²) in [4.78, 5) is 15.0. The van der Waals surface area contributed by atoms with Gasteiger partial charge in [-0.15, -0.1) is 11.3 Å². The Labute approximate surface area is 128 Å². The molecule has 1 aliphatic rings. The molecule has 112 valence electrons. The molecule has 0 fully saturated rings. The molecule has 0 saturated heterocycles. The van der Waals surface area contributed by atoms with E-state index in [-0.39, 0.29) is 11.9 Å². The molecule has 1 aliphatic heterocycles. The number of H-pyrrole nitrogens is 1. The van der Waals surface area contributed by atoms with Gasteiger partial charge in [-0.3, -0.25) is 9.89 Å². The Hall–Kier alpha value is -1.66. The highest BCUT2D eigenvalue weighted by Gasteiger charge is 2.23. The Bertz CT molecular complexity index is 673. The molecule has 2 aromatic rings. The molecule has 21 heavy (non-hydrogen) atoms. The zero-order valence-electron chi connectivity index (χ0n) is 12.5. The highest BCUT2D eigenvalue weighted by atomic mass is 32.1. The maximum absolute atomic E-state index is 12.5. The van der Waals surface area contributed by atoms with E-state index in [9.17, 15) is 4.79 Å². The van der Waals surface area contributed by atoms with Gasteiger partial charge in [-0.05, 0) is 32.4 Å². The molecule has 0 radical (unpaired) electrons. The molecule has 5 nitrogen and oxygen atoms in total. The summed E-state index contributed by atoms with van der Waals surface area (Å²) in [6, 6.07) is 2.14. The average molecular weight is 304 g/mol. The fraction of sp³-hybridized carbons (Fsp3) is 0.467. The first-order chi connectivity index (χ1) is 10.1. The Kier molecular flexibility index (Phi) is 3.82. The van der Waals surface area contributed by atoms with Gasteiger partial charge < -0.3 is 10.6 Å². The van der Waals surface area contributed by atoms with Crippen LogP contribution in [0.3, 0.4) is 0 Å². The third kappa shape index (κ3) is 2.73. The Morgan fingerprint density at radius 2 is 2.29 bits per heavy atom. The van der Waals surface area contributed by atoms with Gasteiger partial charge in [0.2, 0.25) is 0 Å². The first-order valence-electron chi connectivity index (χ1n) is 7.21. The van der Waals surface area contributed by atoms with Crippen molar-refractivity contribution in [2.45, 2.75) is 39.8 Å². The number of fused-ring (bicyclic) bond motifs is 1. The van der Waals surface area contributed by atoms with Crippen LogP contribution in [-0.4, -0.2) is 22.6 Å². The van der Waals surface area contributed by atoms with Crippen LogP contribution in [0.25, 0.3) is 0 Å². The van der Waals surface area contributed by atoms with Crippen LogP contribution in [0.15, 0.2) is 6.07 Å². The standard InChI is InChI=1S/C15H20N4OS/c1-8-6-11(10(3)21-8)9(2)17-15(20)14-12-7-16-5-4-13(12)18-19-14/h6,9,16H,4-5,7H2,1-3H3,(H,17,20)(H,18,19). The molecule has 1 unspecified atom stereocenters. The van der Waals surface area contributed by atoms with E-state index in [2.05, 4.69) is 40.7 Å². The second kappa shape index (κ2) is 5.61. The van der Waals surface area contributed by atoms with Crippen LogP contribution in [0.1, 0.15) is 50.0 Å². The molecule has 3 N–H and O–H groups in total. The highest BCUT2D eigenvalue weighted by molar-refractivity contribution is 7.12. The van der Waals surface area contributed by atoms with Crippen LogP contribution in [-0.2, 0) is 13.0 Å². The summed E-state index contributed by atoms with van der Waals surface area (Å²) in [5.74, 6) is -0.105. The number of nitrogens with one attached hydrogen (secondary N) is 3. The zero-order valence-corrected chi connectivity index (χ0v) is 13.4. The summed E-state index contributed by atoms with van der Waals surface area (Å²) in [5, 5.41) is 13.5. The molecule has 3 heterocycles. The molecular weight excluding hydrogens is 284 g/mol. The van der Waals surface area contributed by atoms with Crippen molar-refractivity contribution in [1.82, 2.24) is 20.8 Å². The lowest BCUT2D eigenvalue weighted by Gasteiger charge is -2.15. The number of rotatable bonds is 3. The lowest BCUT2D eigenvalue weighted by atomic mass is 10.1. The summed E-state index contributed by atoms with van der Waals surface area (Å²) >= 11 is 1.76. The molecule has 0 spiro atoms. The van der Waals surface area contributed by atoms with E-state index < -0.39 is 0 Å². The zero-order chi connectivity index (χ0) is 15.0. The SMILES string of the molecule is Cc1cc(C(C)NC(=O)c2n[nH]c3c2CNCC3)c(C)s1. The van der Waals surface area contributed by atoms with Crippen LogP contribution in [0.2, 0.25) is 0 Å². The summed E-state index contributed by atoms with van der Waals surface area (Å²) in [6.45, 7) is 7.84. The number of hydrogen-bond donors (Lipinski definition) is 3. The number of aromatic nitrogens is 2. The predicted molar refractivity (Wildman–Crippen MR) is 83.7 cm³/mol. The van der Waals surface area contributed by atoms with Crippen LogP contribution in [0.5, 0.6) is 0 Å². The van der Waals surface area contributed by atoms with E-state index in [0.717, 1.165) is 24.2 Å². The van der Waals surface area contributed by atoms with Crippen LogP contribution < -0.4 is 10.6 Å². The minimum atomic E-state index is -0.105. The second-order valence-corrected chi connectivity index (χ2v) is 6.98. The van der Waals surface area contributed by atoms with Gasteiger partial charge in [0.05, 0.1) is 6.04 Å². The topological polar surface area (TPSA) is 69.8 Å². The van der Waals surface area contributed by atoms with Gasteiger partial charge in [0.15, 0.2) is 5.69 Å². The summed E-state index contributed by atoms with van der Waals surface area (Å²) in [7, 11) is 0. The number of amides is 1. The Morgan fingerprint density at radius 1 is 1.48 bits per heavy atom. The lowest BCUT2D eigenvalue weighted by Crippen LogP contribution is -2.30. The van der Waals surface area contributed by atoms with Gasteiger partial charge in [0.25, 0.3) is 5.91 Å². The molecule has 6 heteroatoms. The molecular formula is C15H20N4OS. The quantitative estimate of drug-likeness (QED) is 0.814. The van der Waals surface area contributed by atoms with Crippen molar-refractivity contribution in [1.29, 1.82) is 0 Å². The number of nitrogens with zero attached hydrogens (tertiary/aromatic N) is 1. The van der Waals surface area contributed by atoms with Gasteiger partial charge in [0.1, 0.15) is 0 Å². The summed E-state index contributed by atoms with van der Waals surface area (Å²) < 4.78 is 0. The normalized spacial score (nSPS) is 15.6. The number of hydrogen-bond acceptors (Lipinski definition) is 4. The monoisotopic (exact) mass is 304 g/mol. The van der Waals surface area contributed by atoms with Gasteiger partial charge >= 0.3 is 0 Å². The van der Waals surface area contributed by atoms with Crippen molar-refractivity contribution >= 4 is 17.2 Å². The molecule has 2 aromatic heterocycles. The van der Waals surface area contributed by atoms with Crippen molar-refractivity contribution in [2.24, 2.45) is 0 Å². The van der Waals surface area contributed by atoms with Gasteiger partial charge in [-0.2, -0.15) is 5.10 Å². The molecule has 1 atom stereocenters. The molecule has 0 aromatic carbocycles. The number of aromatic amines is 1. The summed E-state index contributed by atoms with van der Waals surface area (Å²) in [5.41, 5.74) is 3.79. The smallest absolute Gasteiger partial charge is 0.272 e. The molecule has 0 bridgehead atoms. The van der Waals surface area contributed by atoms with Crippen LogP contribution >= 0.6 is 11.3 Å². The van der Waals surface area contributed by atoms with Crippen molar-refractivity contribution < 1.29 is 4.79 Å². The second-order valence-electron chi connectivity index (χ2n) is 5.52. The van der Waals surface area contributed by atoms with E-state index in [1.165, 1.54) is 15.3 Å². The third-order valence-electron chi connectivity index (χ3n) is 3.91. The average Bonchev–Trinajstić information content (AvgIpc) is 3.01. The third-order valence-corrected chi connectivity index (χ3v) is 4.90. The number of carbonyl (C=O) groups excluding carboxylic acids is 1. The van der Waals surface area contributed by atoms with Crippen LogP contribution in [0, 0.1) is 13.8 Å². The largest absolute Gasteiger partial charge is 0.344 e. The van der Waals surface area contributed by atoms with E-state index in [4.69, 9.17) is 0 Å². The maximum Gasteiger partial charge on any atom is 0.272 e. The predicted octanol–water partition coefficient (Wildman–Crippen LogP) is 2.22. The van der Waals surface area contributed by atoms with Crippen molar-refractivity contribution in [3.63, 3.8) is 0 Å². The minimum absolute atomic E-state index is 0.00801. The lowest BCUT2D eigenvalue weighted by molar-refractivity contribution is 0.0933. The van der Waals surface area contributed by atoms with Crippen molar-refractivity contribution in [2.75, 3.05) is 6.54 Å². The fourth-order valence-electron chi connectivity index (χ4n) is 2.84. The Balaban J connectivity index is 1.77. The van der Waals surface area contributed by atoms with Crippen molar-refractivity contribution in [3.05, 3.63) is 38.3 Å². The van der Waals surface area contributed by atoms with Gasteiger partial charge in [-0.1, -0.05) is 0 Å².